The number of piperazine rings is 1. The lowest BCUT2D eigenvalue weighted by Gasteiger charge is -2.35. The van der Waals surface area contributed by atoms with Crippen LogP contribution in [0.1, 0.15) is 36.7 Å². The molecule has 0 aliphatic carbocycles. The normalized spacial score (nSPS) is 14.3. The molecule has 1 aromatic carbocycles. The number of amides is 2. The quantitative estimate of drug-likeness (QED) is 0.800. The lowest BCUT2D eigenvalue weighted by molar-refractivity contribution is -0.129. The van der Waals surface area contributed by atoms with E-state index in [-0.39, 0.29) is 17.9 Å². The molecule has 148 valence electrons. The maximum atomic E-state index is 13.0. The molecule has 2 aromatic rings. The fraction of sp³-hybridized carbons (Fsp3) is 0.409. The van der Waals surface area contributed by atoms with Crippen molar-refractivity contribution in [2.24, 2.45) is 0 Å². The van der Waals surface area contributed by atoms with Gasteiger partial charge in [0.25, 0.3) is 5.91 Å². The Hall–Kier alpha value is -2.89. The molecule has 1 aliphatic rings. The molecule has 2 amide bonds. The van der Waals surface area contributed by atoms with E-state index in [0.717, 1.165) is 24.5 Å². The minimum Gasteiger partial charge on any atom is -0.353 e. The number of rotatable bonds is 5. The lowest BCUT2D eigenvalue weighted by Crippen LogP contribution is -2.48. The zero-order valence-corrected chi connectivity index (χ0v) is 16.8. The summed E-state index contributed by atoms with van der Waals surface area (Å²) in [6.07, 6.45) is 1.66. The van der Waals surface area contributed by atoms with Gasteiger partial charge in [0.15, 0.2) is 0 Å². The SMILES string of the molecule is CC(=O)N1CCN(c2ccc(C(=O)N(Cc3ccccc3)C(C)C)cn2)CC1. The Labute approximate surface area is 166 Å². The molecule has 3 rings (SSSR count). The third-order valence-corrected chi connectivity index (χ3v) is 5.12. The molecule has 2 heterocycles. The van der Waals surface area contributed by atoms with E-state index in [1.807, 2.05) is 66.1 Å². The third kappa shape index (κ3) is 4.68. The van der Waals surface area contributed by atoms with E-state index >= 15 is 0 Å². The highest BCUT2D eigenvalue weighted by atomic mass is 16.2. The van der Waals surface area contributed by atoms with E-state index in [1.54, 1.807) is 13.1 Å². The summed E-state index contributed by atoms with van der Waals surface area (Å²) in [5.74, 6) is 0.943. The van der Waals surface area contributed by atoms with Crippen LogP contribution in [0.25, 0.3) is 0 Å². The number of hydrogen-bond donors (Lipinski definition) is 0. The van der Waals surface area contributed by atoms with Crippen molar-refractivity contribution in [2.75, 3.05) is 31.1 Å². The first-order valence-corrected chi connectivity index (χ1v) is 9.77. The largest absolute Gasteiger partial charge is 0.353 e. The van der Waals surface area contributed by atoms with Crippen molar-refractivity contribution in [1.82, 2.24) is 14.8 Å². The van der Waals surface area contributed by atoms with Crippen LogP contribution in [0.5, 0.6) is 0 Å². The molecule has 0 spiro atoms. The van der Waals surface area contributed by atoms with Crippen LogP contribution in [-0.4, -0.2) is 58.8 Å². The van der Waals surface area contributed by atoms with Crippen LogP contribution in [0.3, 0.4) is 0 Å². The van der Waals surface area contributed by atoms with Gasteiger partial charge in [-0.05, 0) is 31.5 Å². The van der Waals surface area contributed by atoms with Gasteiger partial charge in [-0.25, -0.2) is 4.98 Å². The first-order chi connectivity index (χ1) is 13.5. The van der Waals surface area contributed by atoms with Gasteiger partial charge in [0.05, 0.1) is 5.56 Å². The summed E-state index contributed by atoms with van der Waals surface area (Å²) in [7, 11) is 0. The van der Waals surface area contributed by atoms with Gasteiger partial charge in [0.2, 0.25) is 5.91 Å². The fourth-order valence-electron chi connectivity index (χ4n) is 3.38. The topological polar surface area (TPSA) is 56.8 Å². The predicted octanol–water partition coefficient (Wildman–Crippen LogP) is 2.80. The average molecular weight is 380 g/mol. The highest BCUT2D eigenvalue weighted by molar-refractivity contribution is 5.94. The summed E-state index contributed by atoms with van der Waals surface area (Å²) in [5, 5.41) is 0. The monoisotopic (exact) mass is 380 g/mol. The summed E-state index contributed by atoms with van der Waals surface area (Å²) in [6.45, 7) is 9.15. The molecule has 1 aliphatic heterocycles. The maximum absolute atomic E-state index is 13.0. The van der Waals surface area contributed by atoms with Crippen molar-refractivity contribution in [3.8, 4) is 0 Å². The van der Waals surface area contributed by atoms with Crippen LogP contribution in [0, 0.1) is 0 Å². The molecule has 1 saturated heterocycles. The molecule has 0 N–H and O–H groups in total. The van der Waals surface area contributed by atoms with Crippen molar-refractivity contribution in [3.05, 3.63) is 59.8 Å². The molecule has 0 bridgehead atoms. The molecule has 0 saturated carbocycles. The first kappa shape index (κ1) is 19.9. The van der Waals surface area contributed by atoms with Crippen molar-refractivity contribution in [3.63, 3.8) is 0 Å². The van der Waals surface area contributed by atoms with E-state index in [9.17, 15) is 9.59 Å². The van der Waals surface area contributed by atoms with Gasteiger partial charge in [-0.3, -0.25) is 9.59 Å². The summed E-state index contributed by atoms with van der Waals surface area (Å²) < 4.78 is 0. The van der Waals surface area contributed by atoms with Crippen LogP contribution in [-0.2, 0) is 11.3 Å². The molecule has 1 aromatic heterocycles. The summed E-state index contributed by atoms with van der Waals surface area (Å²) >= 11 is 0. The Morgan fingerprint density at radius 1 is 1.04 bits per heavy atom. The first-order valence-electron chi connectivity index (χ1n) is 9.77. The smallest absolute Gasteiger partial charge is 0.255 e. The van der Waals surface area contributed by atoms with Crippen molar-refractivity contribution >= 4 is 17.6 Å². The van der Waals surface area contributed by atoms with E-state index in [1.165, 1.54) is 0 Å². The Balaban J connectivity index is 1.67. The number of pyridine rings is 1. The number of aromatic nitrogens is 1. The summed E-state index contributed by atoms with van der Waals surface area (Å²) in [4.78, 5) is 34.9. The van der Waals surface area contributed by atoms with Gasteiger partial charge in [-0.1, -0.05) is 30.3 Å². The van der Waals surface area contributed by atoms with Crippen molar-refractivity contribution in [2.45, 2.75) is 33.4 Å². The van der Waals surface area contributed by atoms with Crippen LogP contribution < -0.4 is 4.90 Å². The number of carbonyl (C=O) groups excluding carboxylic acids is 2. The highest BCUT2D eigenvalue weighted by Crippen LogP contribution is 2.17. The lowest BCUT2D eigenvalue weighted by atomic mass is 10.1. The zero-order chi connectivity index (χ0) is 20.1. The summed E-state index contributed by atoms with van der Waals surface area (Å²) in [5.41, 5.74) is 1.70. The Morgan fingerprint density at radius 3 is 2.25 bits per heavy atom. The Bertz CT molecular complexity index is 797. The van der Waals surface area contributed by atoms with E-state index in [0.29, 0.717) is 25.2 Å². The van der Waals surface area contributed by atoms with Crippen molar-refractivity contribution < 1.29 is 9.59 Å². The molecular formula is C22H28N4O2. The van der Waals surface area contributed by atoms with Crippen LogP contribution >= 0.6 is 0 Å². The molecule has 1 fully saturated rings. The van der Waals surface area contributed by atoms with Gasteiger partial charge in [-0.15, -0.1) is 0 Å². The fourth-order valence-corrected chi connectivity index (χ4v) is 3.38. The minimum absolute atomic E-state index is 0.0145. The van der Waals surface area contributed by atoms with Gasteiger partial charge in [0, 0.05) is 51.9 Å². The van der Waals surface area contributed by atoms with Crippen LogP contribution in [0.2, 0.25) is 0 Å². The number of anilines is 1. The predicted molar refractivity (Wildman–Crippen MR) is 110 cm³/mol. The number of carbonyl (C=O) groups is 2. The molecule has 6 nitrogen and oxygen atoms in total. The Morgan fingerprint density at radius 2 is 1.71 bits per heavy atom. The molecule has 0 unspecified atom stereocenters. The molecule has 28 heavy (non-hydrogen) atoms. The van der Waals surface area contributed by atoms with E-state index in [2.05, 4.69) is 9.88 Å². The van der Waals surface area contributed by atoms with Gasteiger partial charge in [-0.2, -0.15) is 0 Å². The highest BCUT2D eigenvalue weighted by Gasteiger charge is 2.22. The number of nitrogens with zero attached hydrogens (tertiary/aromatic N) is 4. The molecule has 0 atom stereocenters. The second-order valence-electron chi connectivity index (χ2n) is 7.41. The van der Waals surface area contributed by atoms with Gasteiger partial charge < -0.3 is 14.7 Å². The average Bonchev–Trinajstić information content (AvgIpc) is 2.72. The minimum atomic E-state index is -0.0145. The van der Waals surface area contributed by atoms with Crippen LogP contribution in [0.15, 0.2) is 48.7 Å². The standard InChI is InChI=1S/C22H28N4O2/c1-17(2)26(16-19-7-5-4-6-8-19)22(28)20-9-10-21(23-15-20)25-13-11-24(12-14-25)18(3)27/h4-10,15,17H,11-14,16H2,1-3H3. The summed E-state index contributed by atoms with van der Waals surface area (Å²) in [6, 6.07) is 13.9. The molecule has 6 heteroatoms. The zero-order valence-electron chi connectivity index (χ0n) is 16.8. The van der Waals surface area contributed by atoms with E-state index in [4.69, 9.17) is 0 Å². The van der Waals surface area contributed by atoms with Gasteiger partial charge in [0.1, 0.15) is 5.82 Å². The number of hydrogen-bond acceptors (Lipinski definition) is 4. The Kier molecular flexibility index (Phi) is 6.29. The van der Waals surface area contributed by atoms with E-state index < -0.39 is 0 Å². The van der Waals surface area contributed by atoms with Crippen LogP contribution in [0.4, 0.5) is 5.82 Å². The van der Waals surface area contributed by atoms with Gasteiger partial charge >= 0.3 is 0 Å². The number of benzene rings is 1. The second-order valence-corrected chi connectivity index (χ2v) is 7.41. The second kappa shape index (κ2) is 8.87. The molecular weight excluding hydrogens is 352 g/mol. The maximum Gasteiger partial charge on any atom is 0.255 e. The third-order valence-electron chi connectivity index (χ3n) is 5.12. The molecule has 0 radical (unpaired) electrons. The van der Waals surface area contributed by atoms with Crippen molar-refractivity contribution in [1.29, 1.82) is 0 Å².